The maximum Gasteiger partial charge on any atom is 0.247 e. The minimum absolute atomic E-state index is 0.0464. The Kier molecular flexibility index (Phi) is 6.57. The zero-order chi connectivity index (χ0) is 23.5. The predicted molar refractivity (Wildman–Crippen MR) is 132 cm³/mol. The number of nitrogens with zero attached hydrogens (tertiary/aromatic N) is 3. The average molecular weight is 460 g/mol. The molecule has 178 valence electrons. The number of benzene rings is 1. The van der Waals surface area contributed by atoms with E-state index in [0.717, 1.165) is 55.6 Å². The van der Waals surface area contributed by atoms with Crippen molar-refractivity contribution in [3.05, 3.63) is 72.4 Å². The van der Waals surface area contributed by atoms with Crippen molar-refractivity contribution in [2.45, 2.75) is 57.9 Å². The van der Waals surface area contributed by atoms with Gasteiger partial charge in [-0.15, -0.1) is 0 Å². The molecule has 3 aromatic rings. The van der Waals surface area contributed by atoms with E-state index >= 15 is 0 Å². The van der Waals surface area contributed by atoms with Gasteiger partial charge < -0.3 is 13.9 Å². The number of unbranched alkanes of at least 4 members (excludes halogenated alkanes) is 1. The fourth-order valence-electron chi connectivity index (χ4n) is 5.44. The van der Waals surface area contributed by atoms with Crippen molar-refractivity contribution in [3.63, 3.8) is 0 Å². The van der Waals surface area contributed by atoms with Crippen LogP contribution >= 0.6 is 0 Å². The topological polar surface area (TPSA) is 58.7 Å². The summed E-state index contributed by atoms with van der Waals surface area (Å²) in [5.74, 6) is 0.818. The Morgan fingerprint density at radius 1 is 1.00 bits per heavy atom. The Bertz CT molecular complexity index is 1130. The number of para-hydroxylation sites is 2. The van der Waals surface area contributed by atoms with Gasteiger partial charge in [-0.3, -0.25) is 14.5 Å². The maximum absolute atomic E-state index is 14.0. The predicted octanol–water partition coefficient (Wildman–Crippen LogP) is 5.72. The second-order valence-corrected chi connectivity index (χ2v) is 9.42. The molecule has 0 bridgehead atoms. The smallest absolute Gasteiger partial charge is 0.247 e. The van der Waals surface area contributed by atoms with Crippen LogP contribution in [0.5, 0.6) is 0 Å². The van der Waals surface area contributed by atoms with Gasteiger partial charge in [0.2, 0.25) is 11.8 Å². The number of hydrogen-bond donors (Lipinski definition) is 0. The molecule has 1 aromatic carbocycles. The first-order chi connectivity index (χ1) is 16.7. The molecule has 1 unspecified atom stereocenters. The highest BCUT2D eigenvalue weighted by atomic mass is 16.3. The summed E-state index contributed by atoms with van der Waals surface area (Å²) < 4.78 is 7.94. The van der Waals surface area contributed by atoms with Crippen LogP contribution in [0.25, 0.3) is 5.69 Å². The number of carbonyl (C=O) groups is 2. The van der Waals surface area contributed by atoms with Crippen LogP contribution in [0.4, 0.5) is 5.69 Å². The van der Waals surface area contributed by atoms with Crippen LogP contribution in [0, 0.1) is 5.92 Å². The molecule has 1 aliphatic carbocycles. The number of carbonyl (C=O) groups excluding carboxylic acids is 2. The van der Waals surface area contributed by atoms with Crippen molar-refractivity contribution < 1.29 is 14.0 Å². The van der Waals surface area contributed by atoms with E-state index in [9.17, 15) is 9.59 Å². The zero-order valence-corrected chi connectivity index (χ0v) is 19.9. The van der Waals surface area contributed by atoms with E-state index in [-0.39, 0.29) is 30.3 Å². The Hall–Kier alpha value is -3.28. The van der Waals surface area contributed by atoms with Crippen molar-refractivity contribution in [3.8, 4) is 5.69 Å². The van der Waals surface area contributed by atoms with Crippen LogP contribution in [0.3, 0.4) is 0 Å². The van der Waals surface area contributed by atoms with E-state index in [0.29, 0.717) is 12.3 Å². The lowest BCUT2D eigenvalue weighted by molar-refractivity contribution is -0.139. The largest absolute Gasteiger partial charge is 0.467 e. The first kappa shape index (κ1) is 22.5. The van der Waals surface area contributed by atoms with Crippen LogP contribution < -0.4 is 4.90 Å². The number of rotatable bonds is 7. The summed E-state index contributed by atoms with van der Waals surface area (Å²) in [7, 11) is 0. The molecule has 0 N–H and O–H groups in total. The quantitative estimate of drug-likeness (QED) is 0.454. The van der Waals surface area contributed by atoms with Gasteiger partial charge in [0.1, 0.15) is 18.3 Å². The molecular formula is C28H33N3O3. The van der Waals surface area contributed by atoms with Gasteiger partial charge in [0, 0.05) is 18.7 Å². The van der Waals surface area contributed by atoms with E-state index in [2.05, 4.69) is 11.5 Å². The van der Waals surface area contributed by atoms with E-state index in [1.165, 1.54) is 6.42 Å². The number of furan rings is 1. The average Bonchev–Trinajstić information content (AvgIpc) is 3.58. The molecule has 1 fully saturated rings. The minimum atomic E-state index is -0.384. The third kappa shape index (κ3) is 4.17. The number of aromatic nitrogens is 1. The Balaban J connectivity index is 1.49. The van der Waals surface area contributed by atoms with Crippen LogP contribution in [0.15, 0.2) is 65.4 Å². The number of amides is 2. The molecule has 3 heterocycles. The Labute approximate surface area is 201 Å². The summed E-state index contributed by atoms with van der Waals surface area (Å²) in [6, 6.07) is 15.4. The summed E-state index contributed by atoms with van der Waals surface area (Å²) in [6.45, 7) is 2.82. The molecule has 2 amide bonds. The van der Waals surface area contributed by atoms with Crippen LogP contribution in [-0.4, -0.2) is 34.4 Å². The van der Waals surface area contributed by atoms with Gasteiger partial charge in [-0.05, 0) is 55.7 Å². The normalized spacial score (nSPS) is 17.8. The summed E-state index contributed by atoms with van der Waals surface area (Å²) in [4.78, 5) is 31.2. The molecule has 0 radical (unpaired) electrons. The van der Waals surface area contributed by atoms with Crippen molar-refractivity contribution >= 4 is 17.5 Å². The third-order valence-electron chi connectivity index (χ3n) is 7.17. The fourth-order valence-corrected chi connectivity index (χ4v) is 5.44. The molecule has 0 saturated heterocycles. The molecule has 1 saturated carbocycles. The lowest BCUT2D eigenvalue weighted by Gasteiger charge is -2.38. The van der Waals surface area contributed by atoms with Crippen LogP contribution in [0.2, 0.25) is 0 Å². The highest BCUT2D eigenvalue weighted by molar-refractivity contribution is 6.00. The van der Waals surface area contributed by atoms with Crippen molar-refractivity contribution in [2.75, 3.05) is 18.0 Å². The van der Waals surface area contributed by atoms with Crippen LogP contribution in [0.1, 0.15) is 69.4 Å². The van der Waals surface area contributed by atoms with Gasteiger partial charge in [-0.2, -0.15) is 0 Å². The first-order valence-electron chi connectivity index (χ1n) is 12.6. The fraction of sp³-hybridized carbons (Fsp3) is 0.429. The van der Waals surface area contributed by atoms with E-state index < -0.39 is 0 Å². The highest BCUT2D eigenvalue weighted by Gasteiger charge is 2.38. The second-order valence-electron chi connectivity index (χ2n) is 9.42. The molecule has 2 aromatic heterocycles. The number of anilines is 1. The number of hydrogen-bond acceptors (Lipinski definition) is 3. The standard InChI is InChI=1S/C28H33N3O3/c1-2-3-17-29(28(33)21-11-5-4-6-12-21)20-26(32)31-23-14-8-7-13-22(23)30-18-9-15-24(30)27(31)25-16-10-19-34-25/h7-10,13-16,18-19,21,27H,2-6,11-12,17,20H2,1H3. The van der Waals surface area contributed by atoms with Crippen LogP contribution in [-0.2, 0) is 9.59 Å². The number of fused-ring (bicyclic) bond motifs is 3. The maximum atomic E-state index is 14.0. The van der Waals surface area contributed by atoms with Gasteiger partial charge in [0.15, 0.2) is 0 Å². The molecular weight excluding hydrogens is 426 g/mol. The monoisotopic (exact) mass is 459 g/mol. The molecule has 5 rings (SSSR count). The molecule has 6 heteroatoms. The molecule has 6 nitrogen and oxygen atoms in total. The molecule has 0 spiro atoms. The van der Waals surface area contributed by atoms with Crippen molar-refractivity contribution in [1.82, 2.24) is 9.47 Å². The van der Waals surface area contributed by atoms with Gasteiger partial charge >= 0.3 is 0 Å². The Morgan fingerprint density at radius 2 is 1.79 bits per heavy atom. The van der Waals surface area contributed by atoms with Gasteiger partial charge in [-0.1, -0.05) is 44.7 Å². The van der Waals surface area contributed by atoms with Gasteiger partial charge in [0.05, 0.1) is 23.3 Å². The van der Waals surface area contributed by atoms with Gasteiger partial charge in [-0.25, -0.2) is 0 Å². The lowest BCUT2D eigenvalue weighted by atomic mass is 9.88. The summed E-state index contributed by atoms with van der Waals surface area (Å²) in [5, 5.41) is 0. The molecule has 1 atom stereocenters. The van der Waals surface area contributed by atoms with Crippen molar-refractivity contribution in [2.24, 2.45) is 5.92 Å². The SMILES string of the molecule is CCCCN(CC(=O)N1c2ccccc2-n2cccc2C1c1ccco1)C(=O)C1CCCCC1. The summed E-state index contributed by atoms with van der Waals surface area (Å²) in [6.07, 6.45) is 10.8. The van der Waals surface area contributed by atoms with E-state index in [1.54, 1.807) is 6.26 Å². The molecule has 2 aliphatic rings. The zero-order valence-electron chi connectivity index (χ0n) is 19.9. The summed E-state index contributed by atoms with van der Waals surface area (Å²) in [5.41, 5.74) is 2.76. The molecule has 34 heavy (non-hydrogen) atoms. The van der Waals surface area contributed by atoms with E-state index in [4.69, 9.17) is 4.42 Å². The Morgan fingerprint density at radius 3 is 2.53 bits per heavy atom. The third-order valence-corrected chi connectivity index (χ3v) is 7.17. The van der Waals surface area contributed by atoms with Gasteiger partial charge in [0.25, 0.3) is 0 Å². The minimum Gasteiger partial charge on any atom is -0.467 e. The highest BCUT2D eigenvalue weighted by Crippen LogP contribution is 2.42. The molecule has 1 aliphatic heterocycles. The summed E-state index contributed by atoms with van der Waals surface area (Å²) >= 11 is 0. The van der Waals surface area contributed by atoms with Crippen molar-refractivity contribution in [1.29, 1.82) is 0 Å². The lowest BCUT2D eigenvalue weighted by Crippen LogP contribution is -2.48. The first-order valence-corrected chi connectivity index (χ1v) is 12.6. The second kappa shape index (κ2) is 9.92. The van der Waals surface area contributed by atoms with E-state index in [1.807, 2.05) is 64.5 Å².